The maximum Gasteiger partial charge on any atom is 0.219 e. The lowest BCUT2D eigenvalue weighted by Crippen LogP contribution is -2.25. The summed E-state index contributed by atoms with van der Waals surface area (Å²) in [5.41, 5.74) is 0. The first-order valence-electron chi connectivity index (χ1n) is 2.89. The van der Waals surface area contributed by atoms with Crippen molar-refractivity contribution >= 4 is 17.7 Å². The summed E-state index contributed by atoms with van der Waals surface area (Å²) in [5.74, 6) is 1.17. The molecule has 0 rings (SSSR count). The molecule has 0 radical (unpaired) electrons. The van der Waals surface area contributed by atoms with Crippen LogP contribution in [0.25, 0.3) is 0 Å². The van der Waals surface area contributed by atoms with Crippen LogP contribution in [0.1, 0.15) is 6.92 Å². The molecular weight excluding hydrogens is 134 g/mol. The number of hydrogen-bond donors (Lipinski definition) is 0. The summed E-state index contributed by atoms with van der Waals surface area (Å²) >= 11 is 1.75. The van der Waals surface area contributed by atoms with E-state index in [1.54, 1.807) is 23.6 Å². The first-order valence-corrected chi connectivity index (χ1v) is 4.28. The zero-order valence-electron chi connectivity index (χ0n) is 6.18. The molecular formula is C6H13NOS. The van der Waals surface area contributed by atoms with Crippen molar-refractivity contribution in [3.63, 3.8) is 0 Å². The molecule has 2 nitrogen and oxygen atoms in total. The van der Waals surface area contributed by atoms with Gasteiger partial charge in [0.2, 0.25) is 5.91 Å². The number of amides is 1. The van der Waals surface area contributed by atoms with Crippen LogP contribution < -0.4 is 0 Å². The Bertz CT molecular complexity index is 95.1. The van der Waals surface area contributed by atoms with Crippen LogP contribution in [0.15, 0.2) is 0 Å². The van der Waals surface area contributed by atoms with Crippen LogP contribution in [0.5, 0.6) is 0 Å². The minimum Gasteiger partial charge on any atom is -0.345 e. The molecule has 1 amide bonds. The Kier molecular flexibility index (Phi) is 4.58. The highest BCUT2D eigenvalue weighted by molar-refractivity contribution is 7.98. The third kappa shape index (κ3) is 4.33. The predicted octanol–water partition coefficient (Wildman–Crippen LogP) is 0.828. The van der Waals surface area contributed by atoms with Crippen molar-refractivity contribution in [3.05, 3.63) is 0 Å². The second kappa shape index (κ2) is 4.68. The summed E-state index contributed by atoms with van der Waals surface area (Å²) in [6.07, 6.45) is 2.04. The molecule has 3 heteroatoms. The molecule has 0 spiro atoms. The Hall–Kier alpha value is -0.180. The normalized spacial score (nSPS) is 9.22. The van der Waals surface area contributed by atoms with Crippen molar-refractivity contribution in [2.75, 3.05) is 25.6 Å². The lowest BCUT2D eigenvalue weighted by molar-refractivity contribution is -0.127. The zero-order chi connectivity index (χ0) is 7.28. The average Bonchev–Trinajstić information content (AvgIpc) is 1.82. The Labute approximate surface area is 60.6 Å². The molecule has 0 fully saturated rings. The molecule has 0 aliphatic heterocycles. The van der Waals surface area contributed by atoms with E-state index >= 15 is 0 Å². The maximum atomic E-state index is 10.6. The van der Waals surface area contributed by atoms with E-state index in [-0.39, 0.29) is 5.91 Å². The van der Waals surface area contributed by atoms with Gasteiger partial charge in [-0.1, -0.05) is 0 Å². The van der Waals surface area contributed by atoms with E-state index in [1.807, 2.05) is 13.3 Å². The summed E-state index contributed by atoms with van der Waals surface area (Å²) < 4.78 is 0. The van der Waals surface area contributed by atoms with E-state index in [4.69, 9.17) is 0 Å². The van der Waals surface area contributed by atoms with Gasteiger partial charge in [-0.05, 0) is 6.26 Å². The lowest BCUT2D eigenvalue weighted by atomic mass is 10.5. The van der Waals surface area contributed by atoms with E-state index < -0.39 is 0 Å². The quantitative estimate of drug-likeness (QED) is 0.589. The highest BCUT2D eigenvalue weighted by Gasteiger charge is 1.98. The fourth-order valence-electron chi connectivity index (χ4n) is 0.386. The van der Waals surface area contributed by atoms with Crippen LogP contribution in [0.4, 0.5) is 0 Å². The topological polar surface area (TPSA) is 20.3 Å². The molecule has 0 aromatic heterocycles. The molecule has 0 saturated heterocycles. The highest BCUT2D eigenvalue weighted by Crippen LogP contribution is 1.92. The zero-order valence-corrected chi connectivity index (χ0v) is 6.99. The number of carbonyl (C=O) groups excluding carboxylic acids is 1. The fourth-order valence-corrected chi connectivity index (χ4v) is 0.842. The van der Waals surface area contributed by atoms with Gasteiger partial charge in [0.1, 0.15) is 0 Å². The average molecular weight is 147 g/mol. The monoisotopic (exact) mass is 147 g/mol. The van der Waals surface area contributed by atoms with Gasteiger partial charge in [0.15, 0.2) is 0 Å². The van der Waals surface area contributed by atoms with E-state index in [9.17, 15) is 4.79 Å². The number of nitrogens with zero attached hydrogens (tertiary/aromatic N) is 1. The molecule has 0 saturated carbocycles. The van der Waals surface area contributed by atoms with Crippen LogP contribution in [0.2, 0.25) is 0 Å². The van der Waals surface area contributed by atoms with E-state index in [0.29, 0.717) is 0 Å². The van der Waals surface area contributed by atoms with Gasteiger partial charge in [-0.2, -0.15) is 11.8 Å². The molecule has 0 unspecified atom stereocenters. The van der Waals surface area contributed by atoms with Gasteiger partial charge in [0.05, 0.1) is 0 Å². The SMILES string of the molecule is CSCCN(C)C(C)=O. The van der Waals surface area contributed by atoms with Crippen molar-refractivity contribution < 1.29 is 4.79 Å². The summed E-state index contributed by atoms with van der Waals surface area (Å²) in [4.78, 5) is 12.3. The maximum absolute atomic E-state index is 10.6. The second-order valence-corrected chi connectivity index (χ2v) is 2.92. The first-order chi connectivity index (χ1) is 4.18. The van der Waals surface area contributed by atoms with Crippen LogP contribution in [-0.2, 0) is 4.79 Å². The van der Waals surface area contributed by atoms with Crippen molar-refractivity contribution in [2.24, 2.45) is 0 Å². The molecule has 0 N–H and O–H groups in total. The molecule has 54 valence electrons. The van der Waals surface area contributed by atoms with E-state index in [2.05, 4.69) is 0 Å². The second-order valence-electron chi connectivity index (χ2n) is 1.93. The Morgan fingerprint density at radius 3 is 2.56 bits per heavy atom. The molecule has 0 aromatic carbocycles. The van der Waals surface area contributed by atoms with Crippen LogP contribution in [0.3, 0.4) is 0 Å². The predicted molar refractivity (Wildman–Crippen MR) is 41.7 cm³/mol. The molecule has 0 aliphatic rings. The third-order valence-electron chi connectivity index (χ3n) is 1.17. The smallest absolute Gasteiger partial charge is 0.219 e. The fraction of sp³-hybridized carbons (Fsp3) is 0.833. The summed E-state index contributed by atoms with van der Waals surface area (Å²) in [5, 5.41) is 0. The van der Waals surface area contributed by atoms with E-state index in [1.165, 1.54) is 0 Å². The third-order valence-corrected chi connectivity index (χ3v) is 1.76. The van der Waals surface area contributed by atoms with Gasteiger partial charge in [0.25, 0.3) is 0 Å². The van der Waals surface area contributed by atoms with Gasteiger partial charge in [-0.15, -0.1) is 0 Å². The van der Waals surface area contributed by atoms with Gasteiger partial charge < -0.3 is 4.90 Å². The standard InChI is InChI=1S/C6H13NOS/c1-6(8)7(2)4-5-9-3/h4-5H2,1-3H3. The lowest BCUT2D eigenvalue weighted by Gasteiger charge is -2.12. The van der Waals surface area contributed by atoms with Crippen molar-refractivity contribution in [1.29, 1.82) is 0 Å². The number of carbonyl (C=O) groups is 1. The van der Waals surface area contributed by atoms with Crippen molar-refractivity contribution in [3.8, 4) is 0 Å². The number of hydrogen-bond acceptors (Lipinski definition) is 2. The minimum absolute atomic E-state index is 0.143. The molecule has 0 heterocycles. The van der Waals surface area contributed by atoms with Gasteiger partial charge in [-0.3, -0.25) is 4.79 Å². The Morgan fingerprint density at radius 1 is 1.67 bits per heavy atom. The largest absolute Gasteiger partial charge is 0.345 e. The molecule has 9 heavy (non-hydrogen) atoms. The number of thioether (sulfide) groups is 1. The van der Waals surface area contributed by atoms with Crippen molar-refractivity contribution in [2.45, 2.75) is 6.92 Å². The molecule has 0 aliphatic carbocycles. The molecule has 0 bridgehead atoms. The van der Waals surface area contributed by atoms with Gasteiger partial charge >= 0.3 is 0 Å². The van der Waals surface area contributed by atoms with Crippen LogP contribution in [0, 0.1) is 0 Å². The number of rotatable bonds is 3. The summed E-state index contributed by atoms with van der Waals surface area (Å²) in [6.45, 7) is 2.44. The Morgan fingerprint density at radius 2 is 2.22 bits per heavy atom. The van der Waals surface area contributed by atoms with Crippen LogP contribution >= 0.6 is 11.8 Å². The molecule has 0 aromatic rings. The summed E-state index contributed by atoms with van der Waals surface area (Å²) in [6, 6.07) is 0. The highest BCUT2D eigenvalue weighted by atomic mass is 32.2. The summed E-state index contributed by atoms with van der Waals surface area (Å²) in [7, 11) is 1.82. The Balaban J connectivity index is 3.27. The van der Waals surface area contributed by atoms with Gasteiger partial charge in [0, 0.05) is 26.3 Å². The first kappa shape index (κ1) is 8.82. The minimum atomic E-state index is 0.143. The van der Waals surface area contributed by atoms with E-state index in [0.717, 1.165) is 12.3 Å². The molecule has 0 atom stereocenters. The van der Waals surface area contributed by atoms with Crippen LogP contribution in [-0.4, -0.2) is 36.4 Å². The van der Waals surface area contributed by atoms with Crippen molar-refractivity contribution in [1.82, 2.24) is 4.90 Å². The van der Waals surface area contributed by atoms with Gasteiger partial charge in [-0.25, -0.2) is 0 Å².